The molecule has 13 heteroatoms. The van der Waals surface area contributed by atoms with E-state index in [4.69, 9.17) is 9.47 Å². The normalized spacial score (nSPS) is 21.5. The topological polar surface area (TPSA) is 160 Å². The summed E-state index contributed by atoms with van der Waals surface area (Å²) in [4.78, 5) is 43.1. The summed E-state index contributed by atoms with van der Waals surface area (Å²) in [6.07, 6.45) is 8.54. The zero-order valence-electron chi connectivity index (χ0n) is 26.2. The maximum atomic E-state index is 13.0. The van der Waals surface area contributed by atoms with Crippen LogP contribution in [0.2, 0.25) is 0 Å². The van der Waals surface area contributed by atoms with E-state index >= 15 is 0 Å². The highest BCUT2D eigenvalue weighted by Gasteiger charge is 2.35. The molecule has 1 aromatic carbocycles. The Morgan fingerprint density at radius 3 is 2.65 bits per heavy atom. The van der Waals surface area contributed by atoms with Gasteiger partial charge in [0, 0.05) is 65.5 Å². The van der Waals surface area contributed by atoms with Crippen molar-refractivity contribution in [2.24, 2.45) is 5.92 Å². The van der Waals surface area contributed by atoms with Crippen molar-refractivity contribution >= 4 is 38.5 Å². The van der Waals surface area contributed by atoms with E-state index in [1.165, 1.54) is 11.3 Å². The predicted molar refractivity (Wildman–Crippen MR) is 175 cm³/mol. The number of methoxy groups -OCH3 is 1. The van der Waals surface area contributed by atoms with E-state index in [1.54, 1.807) is 37.8 Å². The Labute approximate surface area is 271 Å². The van der Waals surface area contributed by atoms with Gasteiger partial charge in [0.25, 0.3) is 5.91 Å². The fourth-order valence-corrected chi connectivity index (χ4v) is 6.97. The minimum Gasteiger partial charge on any atom is -0.495 e. The molecule has 0 spiro atoms. The Balaban J connectivity index is 1.00. The van der Waals surface area contributed by atoms with Crippen molar-refractivity contribution in [3.8, 4) is 16.9 Å². The fraction of sp³-hybridized carbons (Fsp3) is 0.455. The summed E-state index contributed by atoms with van der Waals surface area (Å²) in [6.45, 7) is 4.61. The van der Waals surface area contributed by atoms with Crippen LogP contribution in [0.1, 0.15) is 60.9 Å². The van der Waals surface area contributed by atoms with E-state index < -0.39 is 6.10 Å². The van der Waals surface area contributed by atoms with Gasteiger partial charge < -0.3 is 30.5 Å². The monoisotopic (exact) mass is 645 g/mol. The molecule has 46 heavy (non-hydrogen) atoms. The second-order valence-corrected chi connectivity index (χ2v) is 13.1. The number of anilines is 1. The first-order valence-corrected chi connectivity index (χ1v) is 16.4. The Morgan fingerprint density at radius 2 is 1.93 bits per heavy atom. The van der Waals surface area contributed by atoms with E-state index in [2.05, 4.69) is 35.9 Å². The Kier molecular flexibility index (Phi) is 9.83. The summed E-state index contributed by atoms with van der Waals surface area (Å²) in [5, 5.41) is 20.0. The molecule has 6 rings (SSSR count). The molecule has 3 atom stereocenters. The first-order valence-electron chi connectivity index (χ1n) is 15.6. The van der Waals surface area contributed by atoms with Crippen LogP contribution in [0.5, 0.6) is 5.75 Å². The van der Waals surface area contributed by atoms with Gasteiger partial charge in [0.1, 0.15) is 12.4 Å². The van der Waals surface area contributed by atoms with E-state index in [9.17, 15) is 14.7 Å². The molecule has 3 heterocycles. The number of hydrogen-bond acceptors (Lipinski definition) is 11. The minimum atomic E-state index is -0.420. The van der Waals surface area contributed by atoms with Crippen molar-refractivity contribution in [3.63, 3.8) is 0 Å². The van der Waals surface area contributed by atoms with Crippen LogP contribution in [-0.4, -0.2) is 74.8 Å². The molecule has 2 amide bonds. The third-order valence-corrected chi connectivity index (χ3v) is 9.55. The van der Waals surface area contributed by atoms with Gasteiger partial charge in [-0.25, -0.2) is 15.0 Å². The highest BCUT2D eigenvalue weighted by atomic mass is 32.1. The molecule has 2 aliphatic carbocycles. The third kappa shape index (κ3) is 7.33. The standard InChI is InChI=1S/C33H39N7O5S/c1-18-11-20(9-10-34-18)31(42)37-14-19(2)38-23-12-21(13-23)32(43)40-33-39-25-8-7-24(29(44-3)30(25)46-33)22-15-35-28(36-16-22)17-45-27-6-4-5-26(27)41/h7-11,15-16,19,21,23,26-27,38,41H,4-6,12-14,17H2,1-3H3,(H,37,42)(H,39,40,43)/t19-,21-,23+,26-,27-/m0/s1. The highest BCUT2D eigenvalue weighted by molar-refractivity contribution is 7.22. The largest absolute Gasteiger partial charge is 0.495 e. The number of amides is 2. The zero-order chi connectivity index (χ0) is 32.2. The number of fused-ring (bicyclic) bond motifs is 1. The molecule has 0 radical (unpaired) electrons. The van der Waals surface area contributed by atoms with Crippen molar-refractivity contribution < 1.29 is 24.2 Å². The number of aromatic nitrogens is 4. The number of carbonyl (C=O) groups excluding carboxylic acids is 2. The molecule has 0 saturated heterocycles. The lowest BCUT2D eigenvalue weighted by molar-refractivity contribution is -0.123. The number of nitrogens with one attached hydrogen (secondary N) is 3. The van der Waals surface area contributed by atoms with Gasteiger partial charge in [0.2, 0.25) is 5.91 Å². The van der Waals surface area contributed by atoms with Crippen LogP contribution in [0, 0.1) is 12.8 Å². The van der Waals surface area contributed by atoms with Gasteiger partial charge in [-0.1, -0.05) is 11.3 Å². The van der Waals surface area contributed by atoms with Crippen molar-refractivity contribution in [1.29, 1.82) is 0 Å². The maximum Gasteiger partial charge on any atom is 0.251 e. The number of aliphatic hydroxyl groups is 1. The van der Waals surface area contributed by atoms with Gasteiger partial charge in [-0.2, -0.15) is 0 Å². The van der Waals surface area contributed by atoms with Crippen LogP contribution in [0.25, 0.3) is 21.3 Å². The molecule has 0 aliphatic heterocycles. The number of benzene rings is 1. The number of aryl methyl sites for hydroxylation is 1. The first-order chi connectivity index (χ1) is 22.3. The maximum absolute atomic E-state index is 13.0. The molecule has 2 saturated carbocycles. The van der Waals surface area contributed by atoms with E-state index in [0.717, 1.165) is 46.3 Å². The van der Waals surface area contributed by atoms with Crippen LogP contribution in [0.3, 0.4) is 0 Å². The zero-order valence-corrected chi connectivity index (χ0v) is 27.0. The Morgan fingerprint density at radius 1 is 1.13 bits per heavy atom. The fourth-order valence-electron chi connectivity index (χ4n) is 5.97. The highest BCUT2D eigenvalue weighted by Crippen LogP contribution is 2.41. The lowest BCUT2D eigenvalue weighted by Gasteiger charge is -2.36. The van der Waals surface area contributed by atoms with Gasteiger partial charge in [0.15, 0.2) is 11.0 Å². The van der Waals surface area contributed by atoms with E-state index in [1.807, 2.05) is 26.0 Å². The number of pyridine rings is 1. The van der Waals surface area contributed by atoms with E-state index in [-0.39, 0.29) is 42.5 Å². The molecule has 242 valence electrons. The molecule has 4 N–H and O–H groups in total. The van der Waals surface area contributed by atoms with Gasteiger partial charge in [-0.15, -0.1) is 0 Å². The molecule has 12 nitrogen and oxygen atoms in total. The average molecular weight is 646 g/mol. The summed E-state index contributed by atoms with van der Waals surface area (Å²) in [5.41, 5.74) is 3.73. The summed E-state index contributed by atoms with van der Waals surface area (Å²) in [5.74, 6) is 0.904. The lowest BCUT2D eigenvalue weighted by atomic mass is 9.79. The van der Waals surface area contributed by atoms with Gasteiger partial charge >= 0.3 is 0 Å². The van der Waals surface area contributed by atoms with Crippen LogP contribution in [-0.2, 0) is 16.1 Å². The van der Waals surface area contributed by atoms with Crippen molar-refractivity contribution in [2.45, 2.75) is 76.9 Å². The summed E-state index contributed by atoms with van der Waals surface area (Å²) in [7, 11) is 1.61. The second kappa shape index (κ2) is 14.2. The molecule has 0 unspecified atom stereocenters. The lowest BCUT2D eigenvalue weighted by Crippen LogP contribution is -2.51. The quantitative estimate of drug-likeness (QED) is 0.177. The molecule has 3 aromatic heterocycles. The predicted octanol–water partition coefficient (Wildman–Crippen LogP) is 4.02. The minimum absolute atomic E-state index is 0.0540. The molecular weight excluding hydrogens is 606 g/mol. The number of rotatable bonds is 12. The Hall–Kier alpha value is -4.04. The number of nitrogens with zero attached hydrogens (tertiary/aromatic N) is 4. The smallest absolute Gasteiger partial charge is 0.251 e. The number of ether oxygens (including phenoxy) is 2. The van der Waals surface area contributed by atoms with Crippen molar-refractivity contribution in [3.05, 3.63) is 59.9 Å². The molecule has 2 aliphatic rings. The van der Waals surface area contributed by atoms with Gasteiger partial charge in [0.05, 0.1) is 29.5 Å². The second-order valence-electron chi connectivity index (χ2n) is 12.1. The number of carbonyl (C=O) groups is 2. The summed E-state index contributed by atoms with van der Waals surface area (Å²) < 4.78 is 12.4. The first kappa shape index (κ1) is 31.9. The summed E-state index contributed by atoms with van der Waals surface area (Å²) >= 11 is 1.37. The molecule has 2 fully saturated rings. The van der Waals surface area contributed by atoms with Crippen LogP contribution in [0.4, 0.5) is 5.13 Å². The van der Waals surface area contributed by atoms with Crippen LogP contribution < -0.4 is 20.7 Å². The summed E-state index contributed by atoms with van der Waals surface area (Å²) in [6, 6.07) is 7.55. The number of thiazole rings is 1. The van der Waals surface area contributed by atoms with Crippen molar-refractivity contribution in [2.75, 3.05) is 19.0 Å². The molecule has 4 aromatic rings. The van der Waals surface area contributed by atoms with Crippen LogP contribution in [0.15, 0.2) is 42.9 Å². The third-order valence-electron chi connectivity index (χ3n) is 8.56. The average Bonchev–Trinajstić information content (AvgIpc) is 3.64. The van der Waals surface area contributed by atoms with E-state index in [0.29, 0.717) is 41.7 Å². The van der Waals surface area contributed by atoms with Crippen LogP contribution >= 0.6 is 11.3 Å². The number of hydrogen-bond donors (Lipinski definition) is 4. The molecule has 0 bridgehead atoms. The Bertz CT molecular complexity index is 1690. The molecular formula is C33H39N7O5S. The SMILES string of the molecule is COc1c(-c2cnc(CO[C@H]3CCC[C@@H]3O)nc2)ccc2nc(NC(=O)[C@H]3C[C@@H](N[C@@H](C)CNC(=O)c4ccnc(C)c4)C3)sc12. The number of aliphatic hydroxyl groups excluding tert-OH is 1. The van der Waals surface area contributed by atoms with Gasteiger partial charge in [-0.05, 0) is 70.2 Å². The van der Waals surface area contributed by atoms with Gasteiger partial charge in [-0.3, -0.25) is 14.6 Å². The van der Waals surface area contributed by atoms with Crippen molar-refractivity contribution in [1.82, 2.24) is 30.6 Å².